The molecule has 2 saturated heterocycles. The summed E-state index contributed by atoms with van der Waals surface area (Å²) in [6.45, 7) is 1.83. The van der Waals surface area contributed by atoms with Gasteiger partial charge < -0.3 is 19.3 Å². The van der Waals surface area contributed by atoms with Crippen LogP contribution in [0.5, 0.6) is 0 Å². The van der Waals surface area contributed by atoms with E-state index in [0.29, 0.717) is 32.5 Å². The van der Waals surface area contributed by atoms with Crippen LogP contribution in [0, 0.1) is 0 Å². The maximum absolute atomic E-state index is 12.3. The molecule has 142 valence electrons. The van der Waals surface area contributed by atoms with Crippen molar-refractivity contribution in [2.45, 2.75) is 75.1 Å². The Kier molecular flexibility index (Phi) is 6.44. The van der Waals surface area contributed by atoms with Gasteiger partial charge in [-0.1, -0.05) is 0 Å². The van der Waals surface area contributed by atoms with Gasteiger partial charge in [-0.05, 0) is 44.9 Å². The first-order valence-corrected chi connectivity index (χ1v) is 9.94. The summed E-state index contributed by atoms with van der Waals surface area (Å²) in [5, 5.41) is 0.245. The van der Waals surface area contributed by atoms with E-state index < -0.39 is 0 Å². The summed E-state index contributed by atoms with van der Waals surface area (Å²) in [4.78, 5) is 27.2. The van der Waals surface area contributed by atoms with Gasteiger partial charge in [0.2, 0.25) is 5.91 Å². The number of alkyl halides is 1. The summed E-state index contributed by atoms with van der Waals surface area (Å²) in [5.74, 6) is 0.118. The topological polar surface area (TPSA) is 59.1 Å². The molecular weight excluding hydrogens is 344 g/mol. The van der Waals surface area contributed by atoms with E-state index in [1.165, 1.54) is 0 Å². The molecule has 2 heterocycles. The van der Waals surface area contributed by atoms with Gasteiger partial charge in [-0.25, -0.2) is 4.79 Å². The Balaban J connectivity index is 1.38. The molecule has 2 amide bonds. The number of halogens is 1. The number of nitrogens with zero attached hydrogens (tertiary/aromatic N) is 2. The Morgan fingerprint density at radius 2 is 1.84 bits per heavy atom. The fourth-order valence-corrected chi connectivity index (χ4v) is 4.30. The first kappa shape index (κ1) is 18.8. The third-order valence-electron chi connectivity index (χ3n) is 5.50. The van der Waals surface area contributed by atoms with Crippen LogP contribution < -0.4 is 0 Å². The zero-order chi connectivity index (χ0) is 17.8. The lowest BCUT2D eigenvalue weighted by Gasteiger charge is -2.36. The van der Waals surface area contributed by atoms with Crippen LogP contribution in [0.2, 0.25) is 0 Å². The fraction of sp³-hybridized carbons (Fsp3) is 0.889. The van der Waals surface area contributed by atoms with Crippen molar-refractivity contribution in [3.05, 3.63) is 0 Å². The van der Waals surface area contributed by atoms with Crippen molar-refractivity contribution in [2.24, 2.45) is 0 Å². The lowest BCUT2D eigenvalue weighted by Crippen LogP contribution is -2.46. The molecule has 3 unspecified atom stereocenters. The molecule has 0 spiro atoms. The minimum Gasteiger partial charge on any atom is -0.444 e. The smallest absolute Gasteiger partial charge is 0.410 e. The Morgan fingerprint density at radius 1 is 1.08 bits per heavy atom. The molecular formula is C18H29ClN2O4. The van der Waals surface area contributed by atoms with Crippen LogP contribution in [0.15, 0.2) is 0 Å². The highest BCUT2D eigenvalue weighted by Gasteiger charge is 2.31. The SMILES string of the molecule is CN1CC(OC(=O)N2CCC(OC3CCCC(Cl)C3)CC2)CCC1=O. The van der Waals surface area contributed by atoms with E-state index in [4.69, 9.17) is 21.1 Å². The summed E-state index contributed by atoms with van der Waals surface area (Å²) in [5.41, 5.74) is 0. The number of ether oxygens (including phenoxy) is 2. The van der Waals surface area contributed by atoms with Crippen molar-refractivity contribution in [1.29, 1.82) is 0 Å². The van der Waals surface area contributed by atoms with Crippen molar-refractivity contribution in [3.63, 3.8) is 0 Å². The van der Waals surface area contributed by atoms with Gasteiger partial charge >= 0.3 is 6.09 Å². The van der Waals surface area contributed by atoms with Crippen LogP contribution in [0.25, 0.3) is 0 Å². The molecule has 25 heavy (non-hydrogen) atoms. The number of piperidine rings is 2. The molecule has 0 aromatic rings. The quantitative estimate of drug-likeness (QED) is 0.715. The monoisotopic (exact) mass is 372 g/mol. The van der Waals surface area contributed by atoms with Crippen molar-refractivity contribution in [1.82, 2.24) is 9.80 Å². The molecule has 0 bridgehead atoms. The highest BCUT2D eigenvalue weighted by atomic mass is 35.5. The van der Waals surface area contributed by atoms with Gasteiger partial charge in [0, 0.05) is 31.9 Å². The summed E-state index contributed by atoms with van der Waals surface area (Å²) >= 11 is 6.23. The van der Waals surface area contributed by atoms with Gasteiger partial charge in [0.1, 0.15) is 6.10 Å². The summed E-state index contributed by atoms with van der Waals surface area (Å²) in [6, 6.07) is 0. The van der Waals surface area contributed by atoms with Crippen molar-refractivity contribution in [3.8, 4) is 0 Å². The van der Waals surface area contributed by atoms with Crippen molar-refractivity contribution < 1.29 is 19.1 Å². The molecule has 0 radical (unpaired) electrons. The standard InChI is InChI=1S/C18H29ClN2O4/c1-20-12-16(5-6-17(20)22)25-18(23)21-9-7-14(8-10-21)24-15-4-2-3-13(19)11-15/h13-16H,2-12H2,1H3. The van der Waals surface area contributed by atoms with Gasteiger partial charge in [-0.15, -0.1) is 11.6 Å². The van der Waals surface area contributed by atoms with E-state index in [-0.39, 0.29) is 35.7 Å². The molecule has 6 nitrogen and oxygen atoms in total. The van der Waals surface area contributed by atoms with Crippen LogP contribution in [0.4, 0.5) is 4.79 Å². The number of hydrogen-bond donors (Lipinski definition) is 0. The van der Waals surface area contributed by atoms with Crippen molar-refractivity contribution >= 4 is 23.6 Å². The largest absolute Gasteiger partial charge is 0.444 e. The summed E-state index contributed by atoms with van der Waals surface area (Å²) in [7, 11) is 1.75. The minimum atomic E-state index is -0.260. The lowest BCUT2D eigenvalue weighted by atomic mass is 9.96. The normalized spacial score (nSPS) is 31.9. The average molecular weight is 373 g/mol. The van der Waals surface area contributed by atoms with Crippen LogP contribution in [0.1, 0.15) is 51.4 Å². The Labute approximate surface area is 154 Å². The van der Waals surface area contributed by atoms with E-state index in [1.54, 1.807) is 16.8 Å². The second kappa shape index (κ2) is 8.58. The first-order valence-electron chi connectivity index (χ1n) is 9.50. The van der Waals surface area contributed by atoms with E-state index in [1.807, 2.05) is 0 Å². The molecule has 3 rings (SSSR count). The Bertz CT molecular complexity index is 482. The molecule has 7 heteroatoms. The lowest BCUT2D eigenvalue weighted by molar-refractivity contribution is -0.135. The number of carbonyl (C=O) groups excluding carboxylic acids is 2. The predicted octanol–water partition coefficient (Wildman–Crippen LogP) is 2.77. The predicted molar refractivity (Wildman–Crippen MR) is 94.7 cm³/mol. The molecule has 0 aromatic carbocycles. The molecule has 3 aliphatic rings. The molecule has 0 N–H and O–H groups in total. The highest BCUT2D eigenvalue weighted by molar-refractivity contribution is 6.20. The molecule has 1 saturated carbocycles. The zero-order valence-electron chi connectivity index (χ0n) is 15.0. The second-order valence-corrected chi connectivity index (χ2v) is 8.14. The van der Waals surface area contributed by atoms with E-state index >= 15 is 0 Å². The number of likely N-dealkylation sites (N-methyl/N-ethyl adjacent to an activating group) is 1. The zero-order valence-corrected chi connectivity index (χ0v) is 15.7. The maximum Gasteiger partial charge on any atom is 0.410 e. The Morgan fingerprint density at radius 3 is 2.52 bits per heavy atom. The van der Waals surface area contributed by atoms with Gasteiger partial charge in [0.25, 0.3) is 0 Å². The summed E-state index contributed by atoms with van der Waals surface area (Å²) < 4.78 is 11.8. The first-order chi connectivity index (χ1) is 12.0. The van der Waals surface area contributed by atoms with Crippen LogP contribution in [0.3, 0.4) is 0 Å². The molecule has 3 fully saturated rings. The fourth-order valence-electron chi connectivity index (χ4n) is 3.95. The third kappa shape index (κ3) is 5.23. The Hall–Kier alpha value is -1.01. The highest BCUT2D eigenvalue weighted by Crippen LogP contribution is 2.28. The number of hydrogen-bond acceptors (Lipinski definition) is 4. The number of amides is 2. The third-order valence-corrected chi connectivity index (χ3v) is 5.89. The van der Waals surface area contributed by atoms with Gasteiger partial charge in [0.05, 0.1) is 18.8 Å². The second-order valence-electron chi connectivity index (χ2n) is 7.53. The minimum absolute atomic E-state index is 0.118. The van der Waals surface area contributed by atoms with Gasteiger partial charge in [-0.2, -0.15) is 0 Å². The van der Waals surface area contributed by atoms with Crippen LogP contribution in [-0.4, -0.2) is 72.2 Å². The molecule has 0 aromatic heterocycles. The number of rotatable bonds is 3. The number of likely N-dealkylation sites (tertiary alicyclic amines) is 2. The van der Waals surface area contributed by atoms with E-state index in [0.717, 1.165) is 38.5 Å². The van der Waals surface area contributed by atoms with E-state index in [2.05, 4.69) is 0 Å². The summed E-state index contributed by atoms with van der Waals surface area (Å²) in [6.07, 6.45) is 7.08. The maximum atomic E-state index is 12.3. The van der Waals surface area contributed by atoms with Crippen LogP contribution >= 0.6 is 11.6 Å². The molecule has 2 aliphatic heterocycles. The van der Waals surface area contributed by atoms with E-state index in [9.17, 15) is 9.59 Å². The van der Waals surface area contributed by atoms with Crippen LogP contribution in [-0.2, 0) is 14.3 Å². The average Bonchev–Trinajstić information content (AvgIpc) is 2.59. The van der Waals surface area contributed by atoms with Crippen molar-refractivity contribution in [2.75, 3.05) is 26.7 Å². The van der Waals surface area contributed by atoms with Gasteiger partial charge in [-0.3, -0.25) is 4.79 Å². The molecule has 3 atom stereocenters. The molecule has 1 aliphatic carbocycles. The number of carbonyl (C=O) groups is 2. The van der Waals surface area contributed by atoms with Gasteiger partial charge in [0.15, 0.2) is 0 Å².